The Morgan fingerprint density at radius 3 is 2.03 bits per heavy atom. The topological polar surface area (TPSA) is 75.7 Å². The molecule has 0 atom stereocenters. The van der Waals surface area contributed by atoms with Crippen LogP contribution in [0.3, 0.4) is 0 Å². The molecule has 0 radical (unpaired) electrons. The van der Waals surface area contributed by atoms with Gasteiger partial charge in [0.25, 0.3) is 5.91 Å². The van der Waals surface area contributed by atoms with Crippen LogP contribution in [0.5, 0.6) is 11.5 Å². The predicted molar refractivity (Wildman–Crippen MR) is 112 cm³/mol. The molecule has 150 valence electrons. The van der Waals surface area contributed by atoms with Crippen molar-refractivity contribution in [2.75, 3.05) is 5.32 Å². The number of ether oxygens (including phenoxy) is 1. The van der Waals surface area contributed by atoms with Crippen LogP contribution in [-0.2, 0) is 16.1 Å². The standard InChI is InChI=1S/C24H20N2O4/c27-22-14-15-23(28)26(22)16-17-6-8-18(9-7-17)24(29)25-19-10-12-21(13-11-19)30-20-4-2-1-3-5-20/h1-13H,14-16H2,(H,25,29). The predicted octanol–water partition coefficient (Wildman–Crippen LogP) is 4.38. The number of carbonyl (C=O) groups excluding carboxylic acids is 3. The molecule has 1 N–H and O–H groups in total. The summed E-state index contributed by atoms with van der Waals surface area (Å²) in [5.41, 5.74) is 1.94. The Hall–Kier alpha value is -3.93. The summed E-state index contributed by atoms with van der Waals surface area (Å²) in [7, 11) is 0. The van der Waals surface area contributed by atoms with Gasteiger partial charge in [0.2, 0.25) is 11.8 Å². The molecule has 4 rings (SSSR count). The molecule has 0 aliphatic carbocycles. The van der Waals surface area contributed by atoms with E-state index in [1.807, 2.05) is 30.3 Å². The van der Waals surface area contributed by atoms with Gasteiger partial charge in [-0.2, -0.15) is 0 Å². The SMILES string of the molecule is O=C(Nc1ccc(Oc2ccccc2)cc1)c1ccc(CN2C(=O)CCC2=O)cc1. The summed E-state index contributed by atoms with van der Waals surface area (Å²) < 4.78 is 5.74. The van der Waals surface area contributed by atoms with Crippen LogP contribution in [0.15, 0.2) is 78.9 Å². The minimum Gasteiger partial charge on any atom is -0.457 e. The average molecular weight is 400 g/mol. The molecular weight excluding hydrogens is 380 g/mol. The van der Waals surface area contributed by atoms with E-state index in [0.29, 0.717) is 17.0 Å². The van der Waals surface area contributed by atoms with E-state index in [1.165, 1.54) is 4.90 Å². The lowest BCUT2D eigenvalue weighted by Gasteiger charge is -2.14. The van der Waals surface area contributed by atoms with E-state index in [4.69, 9.17) is 4.74 Å². The summed E-state index contributed by atoms with van der Waals surface area (Å²) in [5, 5.41) is 2.84. The highest BCUT2D eigenvalue weighted by Crippen LogP contribution is 2.23. The number of carbonyl (C=O) groups is 3. The number of benzene rings is 3. The number of nitrogens with zero attached hydrogens (tertiary/aromatic N) is 1. The number of anilines is 1. The number of imide groups is 1. The van der Waals surface area contributed by atoms with Crippen molar-refractivity contribution >= 4 is 23.4 Å². The maximum Gasteiger partial charge on any atom is 0.255 e. The Morgan fingerprint density at radius 1 is 0.800 bits per heavy atom. The van der Waals surface area contributed by atoms with Crippen LogP contribution in [-0.4, -0.2) is 22.6 Å². The van der Waals surface area contributed by atoms with Gasteiger partial charge in [0.15, 0.2) is 0 Å². The minimum atomic E-state index is -0.244. The zero-order valence-electron chi connectivity index (χ0n) is 16.2. The Morgan fingerprint density at radius 2 is 1.40 bits per heavy atom. The quantitative estimate of drug-likeness (QED) is 0.623. The molecule has 0 spiro atoms. The largest absolute Gasteiger partial charge is 0.457 e. The monoisotopic (exact) mass is 400 g/mol. The number of hydrogen-bond acceptors (Lipinski definition) is 4. The Kier molecular flexibility index (Phi) is 5.57. The van der Waals surface area contributed by atoms with E-state index in [2.05, 4.69) is 5.32 Å². The van der Waals surface area contributed by atoms with E-state index in [1.54, 1.807) is 48.5 Å². The molecule has 0 unspecified atom stereocenters. The average Bonchev–Trinajstić information content (AvgIpc) is 3.08. The number of rotatable bonds is 6. The number of nitrogens with one attached hydrogen (secondary N) is 1. The Bertz CT molecular complexity index is 1040. The van der Waals surface area contributed by atoms with Gasteiger partial charge in [-0.25, -0.2) is 0 Å². The van der Waals surface area contributed by atoms with Crippen LogP contribution >= 0.6 is 0 Å². The molecule has 1 heterocycles. The van der Waals surface area contributed by atoms with Crippen molar-refractivity contribution in [2.45, 2.75) is 19.4 Å². The summed E-state index contributed by atoms with van der Waals surface area (Å²) in [6.07, 6.45) is 0.545. The van der Waals surface area contributed by atoms with E-state index in [0.717, 1.165) is 11.3 Å². The van der Waals surface area contributed by atoms with Gasteiger partial charge in [-0.1, -0.05) is 30.3 Å². The van der Waals surface area contributed by atoms with Crippen LogP contribution in [0, 0.1) is 0 Å². The molecule has 3 amide bonds. The fourth-order valence-corrected chi connectivity index (χ4v) is 3.18. The molecule has 3 aromatic carbocycles. The third-order valence-electron chi connectivity index (χ3n) is 4.80. The summed E-state index contributed by atoms with van der Waals surface area (Å²) in [6.45, 7) is 0.239. The van der Waals surface area contributed by atoms with E-state index in [9.17, 15) is 14.4 Å². The highest BCUT2D eigenvalue weighted by atomic mass is 16.5. The summed E-state index contributed by atoms with van der Waals surface area (Å²) >= 11 is 0. The second-order valence-corrected chi connectivity index (χ2v) is 6.96. The second kappa shape index (κ2) is 8.61. The molecule has 1 aliphatic heterocycles. The van der Waals surface area contributed by atoms with Crippen LogP contribution in [0.4, 0.5) is 5.69 Å². The molecule has 1 fully saturated rings. The van der Waals surface area contributed by atoms with Crippen LogP contribution in [0.25, 0.3) is 0 Å². The zero-order valence-corrected chi connectivity index (χ0v) is 16.2. The molecule has 1 saturated heterocycles. The van der Waals surface area contributed by atoms with Gasteiger partial charge in [0.05, 0.1) is 6.54 Å². The maximum atomic E-state index is 12.5. The highest BCUT2D eigenvalue weighted by Gasteiger charge is 2.28. The third-order valence-corrected chi connectivity index (χ3v) is 4.80. The van der Waals surface area contributed by atoms with Gasteiger partial charge in [0, 0.05) is 24.1 Å². The van der Waals surface area contributed by atoms with Crippen LogP contribution in [0.2, 0.25) is 0 Å². The fraction of sp³-hybridized carbons (Fsp3) is 0.125. The first-order valence-electron chi connectivity index (χ1n) is 9.65. The molecule has 3 aromatic rings. The lowest BCUT2D eigenvalue weighted by molar-refractivity contribution is -0.139. The van der Waals surface area contributed by atoms with E-state index >= 15 is 0 Å². The first-order chi connectivity index (χ1) is 14.6. The van der Waals surface area contributed by atoms with Gasteiger partial charge in [-0.05, 0) is 54.1 Å². The van der Waals surface area contributed by atoms with Crippen molar-refractivity contribution < 1.29 is 19.1 Å². The zero-order chi connectivity index (χ0) is 20.9. The lowest BCUT2D eigenvalue weighted by atomic mass is 10.1. The summed E-state index contributed by atoms with van der Waals surface area (Å²) in [4.78, 5) is 37.2. The normalized spacial score (nSPS) is 13.4. The van der Waals surface area contributed by atoms with Gasteiger partial charge in [0.1, 0.15) is 11.5 Å². The van der Waals surface area contributed by atoms with Gasteiger partial charge in [-0.3, -0.25) is 19.3 Å². The van der Waals surface area contributed by atoms with E-state index in [-0.39, 0.29) is 37.1 Å². The molecule has 6 heteroatoms. The fourth-order valence-electron chi connectivity index (χ4n) is 3.18. The lowest BCUT2D eigenvalue weighted by Crippen LogP contribution is -2.28. The van der Waals surface area contributed by atoms with Crippen molar-refractivity contribution in [2.24, 2.45) is 0 Å². The van der Waals surface area contributed by atoms with Crippen molar-refractivity contribution in [3.05, 3.63) is 90.0 Å². The molecule has 0 saturated carbocycles. The molecule has 0 aromatic heterocycles. The first kappa shape index (κ1) is 19.4. The Labute approximate surface area is 174 Å². The molecule has 30 heavy (non-hydrogen) atoms. The van der Waals surface area contributed by atoms with Gasteiger partial charge >= 0.3 is 0 Å². The Balaban J connectivity index is 1.35. The van der Waals surface area contributed by atoms with Crippen molar-refractivity contribution in [1.82, 2.24) is 4.90 Å². The molecule has 0 bridgehead atoms. The molecule has 6 nitrogen and oxygen atoms in total. The van der Waals surface area contributed by atoms with Crippen LogP contribution in [0.1, 0.15) is 28.8 Å². The van der Waals surface area contributed by atoms with Crippen molar-refractivity contribution in [3.8, 4) is 11.5 Å². The highest BCUT2D eigenvalue weighted by molar-refractivity contribution is 6.04. The van der Waals surface area contributed by atoms with E-state index < -0.39 is 0 Å². The number of para-hydroxylation sites is 1. The number of amides is 3. The smallest absolute Gasteiger partial charge is 0.255 e. The first-order valence-corrected chi connectivity index (χ1v) is 9.65. The van der Waals surface area contributed by atoms with Gasteiger partial charge in [-0.15, -0.1) is 0 Å². The number of hydrogen-bond donors (Lipinski definition) is 1. The summed E-state index contributed by atoms with van der Waals surface area (Å²) in [6, 6.07) is 23.5. The molecular formula is C24H20N2O4. The van der Waals surface area contributed by atoms with Gasteiger partial charge < -0.3 is 10.1 Å². The minimum absolute atomic E-state index is 0.151. The number of likely N-dealkylation sites (tertiary alicyclic amines) is 1. The van der Waals surface area contributed by atoms with Crippen molar-refractivity contribution in [3.63, 3.8) is 0 Å². The van der Waals surface area contributed by atoms with Crippen molar-refractivity contribution in [1.29, 1.82) is 0 Å². The molecule has 1 aliphatic rings. The van der Waals surface area contributed by atoms with Crippen LogP contribution < -0.4 is 10.1 Å². The maximum absolute atomic E-state index is 12.5. The summed E-state index contributed by atoms with van der Waals surface area (Å²) in [5.74, 6) is 0.871. The third kappa shape index (κ3) is 4.55. The second-order valence-electron chi connectivity index (χ2n) is 6.96.